The zero-order valence-corrected chi connectivity index (χ0v) is 8.95. The SMILES string of the molecule is CC1=CCc2cccc(C(=O)O)c2N1Cl. The van der Waals surface area contributed by atoms with Crippen LogP contribution in [0.4, 0.5) is 5.69 Å². The Morgan fingerprint density at radius 1 is 1.53 bits per heavy atom. The molecule has 0 amide bonds. The van der Waals surface area contributed by atoms with Gasteiger partial charge in [-0.3, -0.25) is 4.42 Å². The van der Waals surface area contributed by atoms with Crippen LogP contribution in [-0.2, 0) is 6.42 Å². The highest BCUT2D eigenvalue weighted by atomic mass is 35.5. The summed E-state index contributed by atoms with van der Waals surface area (Å²) in [6.45, 7) is 1.86. The van der Waals surface area contributed by atoms with Crippen LogP contribution in [0, 0.1) is 0 Å². The van der Waals surface area contributed by atoms with E-state index in [1.54, 1.807) is 12.1 Å². The average molecular weight is 224 g/mol. The Morgan fingerprint density at radius 3 is 2.93 bits per heavy atom. The molecular weight excluding hydrogens is 214 g/mol. The highest BCUT2D eigenvalue weighted by molar-refractivity contribution is 6.28. The van der Waals surface area contributed by atoms with Crippen LogP contribution in [0.3, 0.4) is 0 Å². The lowest BCUT2D eigenvalue weighted by molar-refractivity contribution is 0.0697. The minimum atomic E-state index is -0.952. The summed E-state index contributed by atoms with van der Waals surface area (Å²) in [6, 6.07) is 5.19. The molecule has 1 aromatic rings. The molecule has 78 valence electrons. The molecule has 0 saturated heterocycles. The summed E-state index contributed by atoms with van der Waals surface area (Å²) < 4.78 is 1.41. The molecule has 0 unspecified atom stereocenters. The number of aromatic carboxylic acids is 1. The third-order valence-electron chi connectivity index (χ3n) is 2.47. The Morgan fingerprint density at radius 2 is 2.27 bits per heavy atom. The number of hydrogen-bond acceptors (Lipinski definition) is 2. The number of benzene rings is 1. The molecular formula is C11H10ClNO2. The fourth-order valence-electron chi connectivity index (χ4n) is 1.67. The van der Waals surface area contributed by atoms with E-state index in [9.17, 15) is 4.79 Å². The number of fused-ring (bicyclic) bond motifs is 1. The van der Waals surface area contributed by atoms with Gasteiger partial charge >= 0.3 is 5.97 Å². The van der Waals surface area contributed by atoms with E-state index in [4.69, 9.17) is 16.9 Å². The number of halogens is 1. The van der Waals surface area contributed by atoms with E-state index >= 15 is 0 Å². The van der Waals surface area contributed by atoms with Crippen LogP contribution < -0.4 is 4.42 Å². The molecule has 0 aromatic heterocycles. The largest absolute Gasteiger partial charge is 0.478 e. The Kier molecular flexibility index (Phi) is 2.40. The molecule has 0 saturated carbocycles. The van der Waals surface area contributed by atoms with Gasteiger partial charge in [0.05, 0.1) is 11.3 Å². The maximum absolute atomic E-state index is 11.0. The number of carboxylic acid groups (broad SMARTS) is 1. The molecule has 1 N–H and O–H groups in total. The smallest absolute Gasteiger partial charge is 0.337 e. The fraction of sp³-hybridized carbons (Fsp3) is 0.182. The van der Waals surface area contributed by atoms with Gasteiger partial charge in [-0.2, -0.15) is 0 Å². The van der Waals surface area contributed by atoms with Gasteiger partial charge < -0.3 is 5.11 Å². The molecule has 2 rings (SSSR count). The summed E-state index contributed by atoms with van der Waals surface area (Å²) in [5, 5.41) is 9.04. The van der Waals surface area contributed by atoms with Crippen molar-refractivity contribution in [2.75, 3.05) is 4.42 Å². The molecule has 1 aliphatic heterocycles. The molecule has 0 aliphatic carbocycles. The normalized spacial score (nSPS) is 14.5. The molecule has 1 aromatic carbocycles. The highest BCUT2D eigenvalue weighted by Gasteiger charge is 2.22. The first kappa shape index (κ1) is 10.1. The van der Waals surface area contributed by atoms with E-state index in [0.29, 0.717) is 5.69 Å². The van der Waals surface area contributed by atoms with E-state index in [2.05, 4.69) is 0 Å². The molecule has 0 fully saturated rings. The lowest BCUT2D eigenvalue weighted by Crippen LogP contribution is -2.17. The highest BCUT2D eigenvalue weighted by Crippen LogP contribution is 2.34. The second-order valence-electron chi connectivity index (χ2n) is 3.45. The minimum absolute atomic E-state index is 0.245. The van der Waals surface area contributed by atoms with Gasteiger partial charge in [-0.15, -0.1) is 0 Å². The van der Waals surface area contributed by atoms with Crippen molar-refractivity contribution in [2.24, 2.45) is 0 Å². The average Bonchev–Trinajstić information content (AvgIpc) is 2.23. The van der Waals surface area contributed by atoms with Gasteiger partial charge in [0, 0.05) is 17.5 Å². The van der Waals surface area contributed by atoms with E-state index in [1.807, 2.05) is 19.1 Å². The fourth-order valence-corrected chi connectivity index (χ4v) is 1.94. The number of allylic oxidation sites excluding steroid dienone is 2. The van der Waals surface area contributed by atoms with Crippen molar-refractivity contribution in [3.8, 4) is 0 Å². The van der Waals surface area contributed by atoms with Crippen molar-refractivity contribution >= 4 is 23.4 Å². The van der Waals surface area contributed by atoms with Gasteiger partial charge in [-0.05, 0) is 25.0 Å². The van der Waals surface area contributed by atoms with Gasteiger partial charge in [0.25, 0.3) is 0 Å². The van der Waals surface area contributed by atoms with E-state index in [-0.39, 0.29) is 5.56 Å². The summed E-state index contributed by atoms with van der Waals surface area (Å²) >= 11 is 6.05. The number of hydrogen-bond donors (Lipinski definition) is 1. The van der Waals surface area contributed by atoms with Crippen molar-refractivity contribution in [1.29, 1.82) is 0 Å². The van der Waals surface area contributed by atoms with Crippen LogP contribution in [0.25, 0.3) is 0 Å². The molecule has 15 heavy (non-hydrogen) atoms. The van der Waals surface area contributed by atoms with Crippen LogP contribution in [-0.4, -0.2) is 11.1 Å². The first-order valence-electron chi connectivity index (χ1n) is 4.59. The van der Waals surface area contributed by atoms with Gasteiger partial charge in [0.15, 0.2) is 0 Å². The Hall–Kier alpha value is -1.48. The van der Waals surface area contributed by atoms with Crippen molar-refractivity contribution < 1.29 is 9.90 Å². The molecule has 0 radical (unpaired) electrons. The van der Waals surface area contributed by atoms with Crippen LogP contribution >= 0.6 is 11.8 Å². The number of rotatable bonds is 1. The molecule has 3 nitrogen and oxygen atoms in total. The van der Waals surface area contributed by atoms with Crippen molar-refractivity contribution in [2.45, 2.75) is 13.3 Å². The first-order chi connectivity index (χ1) is 7.11. The number of para-hydroxylation sites is 1. The number of carboxylic acids is 1. The second-order valence-corrected chi connectivity index (χ2v) is 3.79. The third kappa shape index (κ3) is 1.59. The predicted octanol–water partition coefficient (Wildman–Crippen LogP) is 2.80. The Bertz CT molecular complexity index is 454. The lowest BCUT2D eigenvalue weighted by atomic mass is 10.0. The Labute approximate surface area is 92.7 Å². The minimum Gasteiger partial charge on any atom is -0.478 e. The lowest BCUT2D eigenvalue weighted by Gasteiger charge is -2.25. The third-order valence-corrected chi connectivity index (χ3v) is 2.91. The van der Waals surface area contributed by atoms with Gasteiger partial charge in [0.2, 0.25) is 0 Å². The van der Waals surface area contributed by atoms with E-state index < -0.39 is 5.97 Å². The molecule has 0 spiro atoms. The summed E-state index contributed by atoms with van der Waals surface area (Å²) in [4.78, 5) is 11.0. The van der Waals surface area contributed by atoms with Crippen molar-refractivity contribution in [3.63, 3.8) is 0 Å². The molecule has 4 heteroatoms. The summed E-state index contributed by atoms with van der Waals surface area (Å²) in [7, 11) is 0. The topological polar surface area (TPSA) is 40.5 Å². The van der Waals surface area contributed by atoms with Crippen LogP contribution in [0.1, 0.15) is 22.8 Å². The monoisotopic (exact) mass is 223 g/mol. The predicted molar refractivity (Wildman–Crippen MR) is 59.2 cm³/mol. The van der Waals surface area contributed by atoms with Crippen LogP contribution in [0.15, 0.2) is 30.0 Å². The number of carbonyl (C=O) groups is 1. The second kappa shape index (κ2) is 3.59. The maximum atomic E-state index is 11.0. The van der Waals surface area contributed by atoms with Gasteiger partial charge in [0.1, 0.15) is 0 Å². The van der Waals surface area contributed by atoms with Crippen LogP contribution in [0.2, 0.25) is 0 Å². The zero-order valence-electron chi connectivity index (χ0n) is 8.20. The van der Waals surface area contributed by atoms with Gasteiger partial charge in [-0.1, -0.05) is 18.2 Å². The van der Waals surface area contributed by atoms with E-state index in [0.717, 1.165) is 17.7 Å². The maximum Gasteiger partial charge on any atom is 0.337 e. The number of nitrogens with zero attached hydrogens (tertiary/aromatic N) is 1. The van der Waals surface area contributed by atoms with Gasteiger partial charge in [-0.25, -0.2) is 4.79 Å². The summed E-state index contributed by atoms with van der Waals surface area (Å²) in [5.41, 5.74) is 2.63. The zero-order chi connectivity index (χ0) is 11.0. The summed E-state index contributed by atoms with van der Waals surface area (Å²) in [5.74, 6) is -0.952. The molecule has 1 heterocycles. The standard InChI is InChI=1S/C11H10ClNO2/c1-7-5-6-8-3-2-4-9(11(14)15)10(8)13(7)12/h2-5H,6H2,1H3,(H,14,15). The molecule has 0 atom stereocenters. The summed E-state index contributed by atoms with van der Waals surface area (Å²) in [6.07, 6.45) is 2.70. The molecule has 1 aliphatic rings. The van der Waals surface area contributed by atoms with Crippen molar-refractivity contribution in [1.82, 2.24) is 0 Å². The van der Waals surface area contributed by atoms with E-state index in [1.165, 1.54) is 4.42 Å². The van der Waals surface area contributed by atoms with Crippen LogP contribution in [0.5, 0.6) is 0 Å². The number of anilines is 1. The first-order valence-corrected chi connectivity index (χ1v) is 4.93. The van der Waals surface area contributed by atoms with Crippen molar-refractivity contribution in [3.05, 3.63) is 41.1 Å². The Balaban J connectivity index is 2.61. The quantitative estimate of drug-likeness (QED) is 0.745. The molecule has 0 bridgehead atoms.